The number of benzene rings is 3. The maximum absolute atomic E-state index is 13.5. The fourth-order valence-electron chi connectivity index (χ4n) is 6.67. The first-order chi connectivity index (χ1) is 21.4. The Bertz CT molecular complexity index is 1620. The Labute approximate surface area is 271 Å². The molecule has 1 saturated heterocycles. The molecule has 1 aromatic heterocycles. The molecule has 1 fully saturated rings. The van der Waals surface area contributed by atoms with Crippen molar-refractivity contribution in [2.45, 2.75) is 76.7 Å². The molecular formula is C38H44N2O4S. The van der Waals surface area contributed by atoms with Crippen LogP contribution in [0.4, 0.5) is 4.79 Å². The van der Waals surface area contributed by atoms with Gasteiger partial charge in [-0.05, 0) is 45.2 Å². The van der Waals surface area contributed by atoms with Crippen LogP contribution < -0.4 is 10.1 Å². The highest BCUT2D eigenvalue weighted by Gasteiger charge is 2.42. The van der Waals surface area contributed by atoms with Gasteiger partial charge in [0.05, 0.1) is 26.0 Å². The van der Waals surface area contributed by atoms with E-state index in [9.17, 15) is 4.79 Å². The van der Waals surface area contributed by atoms with Gasteiger partial charge >= 0.3 is 6.09 Å². The van der Waals surface area contributed by atoms with Gasteiger partial charge < -0.3 is 19.5 Å². The number of nitrogens with zero attached hydrogens (tertiary/aromatic N) is 1. The van der Waals surface area contributed by atoms with E-state index in [2.05, 4.69) is 113 Å². The number of amides is 1. The normalized spacial score (nSPS) is 16.2. The van der Waals surface area contributed by atoms with Crippen molar-refractivity contribution < 1.29 is 19.0 Å². The van der Waals surface area contributed by atoms with Crippen LogP contribution >= 0.6 is 11.3 Å². The van der Waals surface area contributed by atoms with Crippen LogP contribution in [0.1, 0.15) is 87.6 Å². The molecule has 2 aliphatic rings. The number of carbonyl (C=O) groups is 1. The summed E-state index contributed by atoms with van der Waals surface area (Å²) < 4.78 is 18.0. The van der Waals surface area contributed by atoms with Crippen molar-refractivity contribution >= 4 is 17.4 Å². The second-order valence-electron chi connectivity index (χ2n) is 14.2. The van der Waals surface area contributed by atoms with Crippen molar-refractivity contribution in [2.75, 3.05) is 26.9 Å². The lowest BCUT2D eigenvalue weighted by molar-refractivity contribution is -0.0754. The number of hydrogen-bond acceptors (Lipinski definition) is 6. The molecule has 45 heavy (non-hydrogen) atoms. The molecule has 1 aliphatic heterocycles. The minimum absolute atomic E-state index is 0.0751. The third kappa shape index (κ3) is 6.00. The Morgan fingerprint density at radius 2 is 1.49 bits per heavy atom. The van der Waals surface area contributed by atoms with Gasteiger partial charge in [0.15, 0.2) is 5.60 Å². The number of alkyl carbamates (subject to hydrolysis) is 1. The van der Waals surface area contributed by atoms with E-state index < -0.39 is 11.7 Å². The quantitative estimate of drug-likeness (QED) is 0.232. The van der Waals surface area contributed by atoms with Gasteiger partial charge in [-0.2, -0.15) is 0 Å². The summed E-state index contributed by atoms with van der Waals surface area (Å²) in [4.78, 5) is 18.7. The summed E-state index contributed by atoms with van der Waals surface area (Å²) in [5.41, 5.74) is 8.04. The van der Waals surface area contributed by atoms with Crippen LogP contribution in [-0.2, 0) is 25.9 Å². The molecule has 236 valence electrons. The van der Waals surface area contributed by atoms with Crippen LogP contribution in [0.5, 0.6) is 5.75 Å². The monoisotopic (exact) mass is 624 g/mol. The van der Waals surface area contributed by atoms with Gasteiger partial charge in [-0.1, -0.05) is 90.1 Å². The molecule has 1 aliphatic carbocycles. The van der Waals surface area contributed by atoms with Gasteiger partial charge in [0.25, 0.3) is 0 Å². The number of methoxy groups -OCH3 is 1. The number of aromatic nitrogens is 1. The smallest absolute Gasteiger partial charge is 0.408 e. The number of carbonyl (C=O) groups excluding carboxylic acids is 1. The molecule has 0 unspecified atom stereocenters. The Kier molecular flexibility index (Phi) is 8.29. The minimum Gasteiger partial charge on any atom is -0.496 e. The Morgan fingerprint density at radius 3 is 2.02 bits per heavy atom. The average Bonchev–Trinajstić information content (AvgIpc) is 3.63. The topological polar surface area (TPSA) is 69.7 Å². The van der Waals surface area contributed by atoms with E-state index in [4.69, 9.17) is 19.2 Å². The van der Waals surface area contributed by atoms with E-state index in [0.29, 0.717) is 32.6 Å². The summed E-state index contributed by atoms with van der Waals surface area (Å²) in [6.45, 7) is 14.7. The molecule has 4 aromatic rings. The molecule has 2 heterocycles. The largest absolute Gasteiger partial charge is 0.496 e. The zero-order valence-corrected chi connectivity index (χ0v) is 28.3. The molecule has 0 atom stereocenters. The zero-order valence-electron chi connectivity index (χ0n) is 27.5. The molecule has 1 amide bonds. The summed E-state index contributed by atoms with van der Waals surface area (Å²) in [6, 6.07) is 21.3. The zero-order chi connectivity index (χ0) is 32.0. The van der Waals surface area contributed by atoms with Gasteiger partial charge in [-0.15, -0.1) is 11.3 Å². The first-order valence-electron chi connectivity index (χ1n) is 15.8. The number of rotatable bonds is 6. The van der Waals surface area contributed by atoms with E-state index >= 15 is 0 Å². The first kappa shape index (κ1) is 31.3. The van der Waals surface area contributed by atoms with Crippen LogP contribution in [0.15, 0.2) is 66.0 Å². The first-order valence-corrected chi connectivity index (χ1v) is 16.7. The highest BCUT2D eigenvalue weighted by atomic mass is 32.1. The van der Waals surface area contributed by atoms with Gasteiger partial charge in [0.1, 0.15) is 10.8 Å². The SMILES string of the molecule is COc1c(C(C)(C)C)cc(-c2csc(C3(OC(=O)NCC4c5ccccc5-c5ccccc54)CCOCC3)n2)cc1C(C)(C)C. The summed E-state index contributed by atoms with van der Waals surface area (Å²) >= 11 is 1.55. The van der Waals surface area contributed by atoms with E-state index in [-0.39, 0.29) is 16.7 Å². The highest BCUT2D eigenvalue weighted by molar-refractivity contribution is 7.10. The fraction of sp³-hybridized carbons (Fsp3) is 0.421. The van der Waals surface area contributed by atoms with Crippen molar-refractivity contribution in [2.24, 2.45) is 0 Å². The minimum atomic E-state index is -0.844. The summed E-state index contributed by atoms with van der Waals surface area (Å²) in [6.07, 6.45) is 0.696. The highest BCUT2D eigenvalue weighted by Crippen LogP contribution is 2.46. The molecule has 0 spiro atoms. The maximum atomic E-state index is 13.5. The predicted molar refractivity (Wildman–Crippen MR) is 181 cm³/mol. The van der Waals surface area contributed by atoms with Crippen LogP contribution in [0.2, 0.25) is 0 Å². The van der Waals surface area contributed by atoms with Gasteiger partial charge in [0.2, 0.25) is 0 Å². The Morgan fingerprint density at radius 1 is 0.933 bits per heavy atom. The second kappa shape index (κ2) is 11.9. The number of nitrogens with one attached hydrogen (secondary N) is 1. The number of ether oxygens (including phenoxy) is 3. The van der Waals surface area contributed by atoms with Crippen LogP contribution in [0, 0.1) is 0 Å². The summed E-state index contributed by atoms with van der Waals surface area (Å²) in [7, 11) is 1.75. The number of fused-ring (bicyclic) bond motifs is 3. The standard InChI is InChI=1S/C38H44N2O4S/c1-36(2,3)30-20-24(21-31(33(30)42-7)37(4,5)6)32-23-45-34(40-32)38(16-18-43-19-17-38)44-35(41)39-22-29-27-14-10-8-12-25(27)26-13-9-11-15-28(26)29/h8-15,20-21,23,29H,16-19,22H2,1-7H3,(H,39,41). The third-order valence-electron chi connectivity index (χ3n) is 9.10. The molecule has 3 aromatic carbocycles. The predicted octanol–water partition coefficient (Wildman–Crippen LogP) is 8.96. The van der Waals surface area contributed by atoms with E-state index in [0.717, 1.165) is 33.1 Å². The van der Waals surface area contributed by atoms with Crippen molar-refractivity contribution in [1.29, 1.82) is 0 Å². The summed E-state index contributed by atoms with van der Waals surface area (Å²) in [5, 5.41) is 6.00. The van der Waals surface area contributed by atoms with E-state index in [1.54, 1.807) is 18.4 Å². The lowest BCUT2D eigenvalue weighted by atomic mass is 9.78. The molecule has 0 saturated carbocycles. The van der Waals surface area contributed by atoms with E-state index in [1.807, 2.05) is 0 Å². The lowest BCUT2D eigenvalue weighted by Crippen LogP contribution is -2.42. The van der Waals surface area contributed by atoms with Gasteiger partial charge in [0, 0.05) is 47.4 Å². The second-order valence-corrected chi connectivity index (χ2v) is 15.1. The molecule has 1 N–H and O–H groups in total. The van der Waals surface area contributed by atoms with Crippen LogP contribution in [-0.4, -0.2) is 37.9 Å². The number of hydrogen-bond donors (Lipinski definition) is 1. The van der Waals surface area contributed by atoms with Crippen molar-refractivity contribution in [3.8, 4) is 28.1 Å². The lowest BCUT2D eigenvalue weighted by Gasteiger charge is -2.35. The molecular weight excluding hydrogens is 580 g/mol. The molecule has 0 radical (unpaired) electrons. The maximum Gasteiger partial charge on any atom is 0.408 e. The third-order valence-corrected chi connectivity index (χ3v) is 10.1. The average molecular weight is 625 g/mol. The van der Waals surface area contributed by atoms with Crippen LogP contribution in [0.25, 0.3) is 22.4 Å². The molecule has 6 rings (SSSR count). The molecule has 6 nitrogen and oxygen atoms in total. The van der Waals surface area contributed by atoms with Crippen molar-refractivity contribution in [3.63, 3.8) is 0 Å². The molecule has 7 heteroatoms. The Balaban J connectivity index is 1.27. The fourth-order valence-corrected chi connectivity index (χ4v) is 7.69. The molecule has 0 bridgehead atoms. The van der Waals surface area contributed by atoms with Crippen molar-refractivity contribution in [1.82, 2.24) is 10.3 Å². The van der Waals surface area contributed by atoms with E-state index in [1.165, 1.54) is 22.3 Å². The van der Waals surface area contributed by atoms with Gasteiger partial charge in [-0.25, -0.2) is 9.78 Å². The van der Waals surface area contributed by atoms with Gasteiger partial charge in [-0.3, -0.25) is 0 Å². The summed E-state index contributed by atoms with van der Waals surface area (Å²) in [5.74, 6) is 1.01. The number of thiazole rings is 1. The van der Waals surface area contributed by atoms with Crippen molar-refractivity contribution in [3.05, 3.63) is 93.3 Å². The Hall–Kier alpha value is -3.68. The van der Waals surface area contributed by atoms with Crippen LogP contribution in [0.3, 0.4) is 0 Å².